The van der Waals surface area contributed by atoms with Crippen LogP contribution < -0.4 is 5.73 Å². The van der Waals surface area contributed by atoms with Gasteiger partial charge in [0.15, 0.2) is 0 Å². The maximum atomic E-state index is 6.13. The van der Waals surface area contributed by atoms with E-state index in [0.29, 0.717) is 5.92 Å². The predicted octanol–water partition coefficient (Wildman–Crippen LogP) is 2.83. The van der Waals surface area contributed by atoms with Gasteiger partial charge in [0, 0.05) is 6.04 Å². The van der Waals surface area contributed by atoms with Crippen LogP contribution in [0.3, 0.4) is 0 Å². The Morgan fingerprint density at radius 3 is 2.57 bits per heavy atom. The Morgan fingerprint density at radius 2 is 1.86 bits per heavy atom. The van der Waals surface area contributed by atoms with Crippen LogP contribution in [0.25, 0.3) is 0 Å². The Hall–Kier alpha value is -0.820. The normalized spacial score (nSPS) is 17.1. The van der Waals surface area contributed by atoms with Crippen LogP contribution in [0.1, 0.15) is 43.0 Å². The Kier molecular flexibility index (Phi) is 2.60. The fraction of sp³-hybridized carbons (Fsp3) is 0.538. The van der Waals surface area contributed by atoms with E-state index in [4.69, 9.17) is 5.73 Å². The quantitative estimate of drug-likeness (QED) is 0.760. The third-order valence-corrected chi connectivity index (χ3v) is 3.23. The van der Waals surface area contributed by atoms with Crippen LogP contribution in [-0.2, 0) is 12.8 Å². The number of nitrogens with two attached hydrogens (primary N) is 1. The van der Waals surface area contributed by atoms with Crippen molar-refractivity contribution in [2.75, 3.05) is 0 Å². The lowest BCUT2D eigenvalue weighted by Gasteiger charge is -2.17. The molecule has 14 heavy (non-hydrogen) atoms. The van der Waals surface area contributed by atoms with Crippen molar-refractivity contribution in [3.05, 3.63) is 34.9 Å². The van der Waals surface area contributed by atoms with E-state index >= 15 is 0 Å². The molecule has 1 aromatic rings. The van der Waals surface area contributed by atoms with E-state index in [2.05, 4.69) is 32.0 Å². The second kappa shape index (κ2) is 3.74. The first-order valence-corrected chi connectivity index (χ1v) is 5.56. The summed E-state index contributed by atoms with van der Waals surface area (Å²) in [7, 11) is 0. The maximum absolute atomic E-state index is 6.13. The number of hydrogen-bond acceptors (Lipinski definition) is 1. The van der Waals surface area contributed by atoms with Crippen LogP contribution in [0, 0.1) is 5.92 Å². The molecule has 1 aliphatic carbocycles. The molecule has 0 radical (unpaired) electrons. The van der Waals surface area contributed by atoms with Gasteiger partial charge in [0.2, 0.25) is 0 Å². The van der Waals surface area contributed by atoms with Crippen LogP contribution in [0.2, 0.25) is 0 Å². The standard InChI is InChI=1S/C13H19N/c1-9(2)13(14)12-7-6-10-4-3-5-11(10)8-12/h6-9,13H,3-5,14H2,1-2H3/t13-/m1/s1. The molecule has 2 N–H and O–H groups in total. The third kappa shape index (κ3) is 1.69. The van der Waals surface area contributed by atoms with Gasteiger partial charge in [-0.05, 0) is 41.9 Å². The number of rotatable bonds is 2. The summed E-state index contributed by atoms with van der Waals surface area (Å²) in [6, 6.07) is 6.97. The zero-order valence-electron chi connectivity index (χ0n) is 9.09. The summed E-state index contributed by atoms with van der Waals surface area (Å²) in [4.78, 5) is 0. The highest BCUT2D eigenvalue weighted by atomic mass is 14.6. The fourth-order valence-electron chi connectivity index (χ4n) is 2.18. The molecule has 1 aliphatic rings. The van der Waals surface area contributed by atoms with Crippen LogP contribution >= 0.6 is 0 Å². The summed E-state index contributed by atoms with van der Waals surface area (Å²) < 4.78 is 0. The molecule has 76 valence electrons. The summed E-state index contributed by atoms with van der Waals surface area (Å²) in [6.07, 6.45) is 3.82. The molecule has 0 spiro atoms. The van der Waals surface area contributed by atoms with Crippen LogP contribution in [0.4, 0.5) is 0 Å². The second-order valence-corrected chi connectivity index (χ2v) is 4.65. The molecule has 0 bridgehead atoms. The van der Waals surface area contributed by atoms with Gasteiger partial charge in [0.1, 0.15) is 0 Å². The first-order valence-electron chi connectivity index (χ1n) is 5.56. The Morgan fingerprint density at radius 1 is 1.14 bits per heavy atom. The van der Waals surface area contributed by atoms with E-state index in [1.54, 1.807) is 0 Å². The molecular weight excluding hydrogens is 170 g/mol. The average molecular weight is 189 g/mol. The summed E-state index contributed by atoms with van der Waals surface area (Å²) >= 11 is 0. The van der Waals surface area contributed by atoms with Gasteiger partial charge in [-0.2, -0.15) is 0 Å². The molecule has 0 fully saturated rings. The van der Waals surface area contributed by atoms with Crippen LogP contribution in [0.5, 0.6) is 0 Å². The number of aryl methyl sites for hydroxylation is 2. The minimum Gasteiger partial charge on any atom is -0.324 e. The van der Waals surface area contributed by atoms with E-state index in [0.717, 1.165) is 0 Å². The van der Waals surface area contributed by atoms with Gasteiger partial charge in [-0.1, -0.05) is 32.0 Å². The van der Waals surface area contributed by atoms with Gasteiger partial charge in [0.05, 0.1) is 0 Å². The molecule has 2 rings (SSSR count). The molecule has 1 nitrogen and oxygen atoms in total. The van der Waals surface area contributed by atoms with Crippen molar-refractivity contribution < 1.29 is 0 Å². The van der Waals surface area contributed by atoms with E-state index < -0.39 is 0 Å². The summed E-state index contributed by atoms with van der Waals surface area (Å²) in [5.74, 6) is 0.523. The average Bonchev–Trinajstić information content (AvgIpc) is 2.62. The van der Waals surface area contributed by atoms with Crippen molar-refractivity contribution in [3.63, 3.8) is 0 Å². The van der Waals surface area contributed by atoms with Crippen molar-refractivity contribution >= 4 is 0 Å². The van der Waals surface area contributed by atoms with Crippen molar-refractivity contribution in [2.45, 2.75) is 39.2 Å². The lowest BCUT2D eigenvalue weighted by atomic mass is 9.94. The number of benzene rings is 1. The van der Waals surface area contributed by atoms with Gasteiger partial charge in [-0.25, -0.2) is 0 Å². The third-order valence-electron chi connectivity index (χ3n) is 3.23. The zero-order valence-corrected chi connectivity index (χ0v) is 9.09. The predicted molar refractivity (Wildman–Crippen MR) is 60.2 cm³/mol. The number of hydrogen-bond donors (Lipinski definition) is 1. The van der Waals surface area contributed by atoms with Crippen LogP contribution in [-0.4, -0.2) is 0 Å². The molecular formula is C13H19N. The summed E-state index contributed by atoms with van der Waals surface area (Å²) in [6.45, 7) is 4.36. The van der Waals surface area contributed by atoms with Gasteiger partial charge >= 0.3 is 0 Å². The first-order chi connectivity index (χ1) is 6.68. The highest BCUT2D eigenvalue weighted by Crippen LogP contribution is 2.26. The molecule has 1 aromatic carbocycles. The molecule has 0 aliphatic heterocycles. The summed E-state index contributed by atoms with van der Waals surface area (Å²) in [5, 5.41) is 0. The summed E-state index contributed by atoms with van der Waals surface area (Å²) in [5.41, 5.74) is 10.5. The molecule has 0 unspecified atom stereocenters. The monoisotopic (exact) mass is 189 g/mol. The molecule has 0 saturated carbocycles. The topological polar surface area (TPSA) is 26.0 Å². The van der Waals surface area contributed by atoms with Crippen molar-refractivity contribution in [2.24, 2.45) is 11.7 Å². The smallest absolute Gasteiger partial charge is 0.0318 e. The molecule has 1 heteroatoms. The molecule has 0 amide bonds. The first kappa shape index (κ1) is 9.72. The maximum Gasteiger partial charge on any atom is 0.0318 e. The van der Waals surface area contributed by atoms with Gasteiger partial charge in [0.25, 0.3) is 0 Å². The van der Waals surface area contributed by atoms with Gasteiger partial charge in [-0.15, -0.1) is 0 Å². The SMILES string of the molecule is CC(C)[C@@H](N)c1ccc2c(c1)CCC2. The Balaban J connectivity index is 2.28. The molecule has 0 saturated heterocycles. The van der Waals surface area contributed by atoms with Crippen molar-refractivity contribution in [1.29, 1.82) is 0 Å². The van der Waals surface area contributed by atoms with Crippen molar-refractivity contribution in [1.82, 2.24) is 0 Å². The van der Waals surface area contributed by atoms with E-state index in [-0.39, 0.29) is 6.04 Å². The van der Waals surface area contributed by atoms with Crippen molar-refractivity contribution in [3.8, 4) is 0 Å². The van der Waals surface area contributed by atoms with E-state index in [9.17, 15) is 0 Å². The highest BCUT2D eigenvalue weighted by molar-refractivity contribution is 5.36. The molecule has 0 aromatic heterocycles. The largest absolute Gasteiger partial charge is 0.324 e. The van der Waals surface area contributed by atoms with E-state index in [1.807, 2.05) is 0 Å². The lowest BCUT2D eigenvalue weighted by molar-refractivity contribution is 0.514. The lowest BCUT2D eigenvalue weighted by Crippen LogP contribution is -2.16. The second-order valence-electron chi connectivity index (χ2n) is 4.65. The molecule has 1 atom stereocenters. The fourth-order valence-corrected chi connectivity index (χ4v) is 2.18. The molecule has 0 heterocycles. The van der Waals surface area contributed by atoms with Crippen LogP contribution in [0.15, 0.2) is 18.2 Å². The van der Waals surface area contributed by atoms with E-state index in [1.165, 1.54) is 36.0 Å². The Bertz CT molecular complexity index is 328. The van der Waals surface area contributed by atoms with Gasteiger partial charge in [-0.3, -0.25) is 0 Å². The highest BCUT2D eigenvalue weighted by Gasteiger charge is 2.15. The van der Waals surface area contributed by atoms with Gasteiger partial charge < -0.3 is 5.73 Å². The minimum absolute atomic E-state index is 0.195. The number of fused-ring (bicyclic) bond motifs is 1. The minimum atomic E-state index is 0.195. The zero-order chi connectivity index (χ0) is 10.1. The Labute approximate surface area is 86.3 Å².